The maximum absolute atomic E-state index is 12.2. The van der Waals surface area contributed by atoms with Gasteiger partial charge in [0.1, 0.15) is 0 Å². The van der Waals surface area contributed by atoms with E-state index < -0.39 is 36.5 Å². The van der Waals surface area contributed by atoms with Crippen LogP contribution < -0.4 is 0 Å². The Hall–Kier alpha value is -0.390. The van der Waals surface area contributed by atoms with Crippen LogP contribution in [0.15, 0.2) is 0 Å². The number of alkyl halides is 5. The number of aliphatic hydroxyl groups is 1. The van der Waals surface area contributed by atoms with E-state index in [0.717, 1.165) is 0 Å². The van der Waals surface area contributed by atoms with Gasteiger partial charge in [0, 0.05) is 12.3 Å². The van der Waals surface area contributed by atoms with E-state index in [2.05, 4.69) is 0 Å². The Morgan fingerprint density at radius 3 is 2.00 bits per heavy atom. The lowest BCUT2D eigenvalue weighted by molar-refractivity contribution is -0.257. The molecule has 1 fully saturated rings. The lowest BCUT2D eigenvalue weighted by Gasteiger charge is -2.25. The topological polar surface area (TPSA) is 20.2 Å². The normalized spacial score (nSPS) is 31.2. The Bertz CT molecular complexity index is 207. The minimum atomic E-state index is -4.84. The van der Waals surface area contributed by atoms with Gasteiger partial charge in [-0.2, -0.15) is 13.2 Å². The number of rotatable bonds is 2. The van der Waals surface area contributed by atoms with E-state index >= 15 is 0 Å². The molecule has 0 radical (unpaired) electrons. The molecule has 78 valence electrons. The summed E-state index contributed by atoms with van der Waals surface area (Å²) in [4.78, 5) is 0. The fraction of sp³-hybridized carbons (Fsp3) is 1.00. The summed E-state index contributed by atoms with van der Waals surface area (Å²) in [5.41, 5.74) is -3.00. The van der Waals surface area contributed by atoms with Gasteiger partial charge < -0.3 is 5.11 Å². The zero-order valence-electron chi connectivity index (χ0n) is 6.83. The highest BCUT2D eigenvalue weighted by molar-refractivity contribution is 5.00. The van der Waals surface area contributed by atoms with Crippen molar-refractivity contribution in [3.8, 4) is 0 Å². The van der Waals surface area contributed by atoms with Crippen LogP contribution in [0.2, 0.25) is 0 Å². The molecule has 2 unspecified atom stereocenters. The van der Waals surface area contributed by atoms with Crippen molar-refractivity contribution in [2.24, 2.45) is 5.92 Å². The van der Waals surface area contributed by atoms with Crippen molar-refractivity contribution in [2.45, 2.75) is 37.5 Å². The molecule has 0 spiro atoms. The summed E-state index contributed by atoms with van der Waals surface area (Å²) in [6.45, 7) is 0.515. The van der Waals surface area contributed by atoms with Crippen LogP contribution in [0.5, 0.6) is 0 Å². The fourth-order valence-electron chi connectivity index (χ4n) is 1.09. The largest absolute Gasteiger partial charge is 0.416 e. The van der Waals surface area contributed by atoms with Crippen molar-refractivity contribution >= 4 is 0 Å². The second-order valence-electron chi connectivity index (χ2n) is 3.64. The highest BCUT2D eigenvalue weighted by atomic mass is 19.4. The Balaban J connectivity index is 2.54. The summed E-state index contributed by atoms with van der Waals surface area (Å²) in [6, 6.07) is 0. The van der Waals surface area contributed by atoms with Gasteiger partial charge in [0.05, 0.1) is 0 Å². The van der Waals surface area contributed by atoms with E-state index in [1.165, 1.54) is 0 Å². The Morgan fingerprint density at radius 1 is 1.38 bits per heavy atom. The monoisotopic (exact) mass is 204 g/mol. The summed E-state index contributed by atoms with van der Waals surface area (Å²) >= 11 is 0. The van der Waals surface area contributed by atoms with Gasteiger partial charge in [-0.3, -0.25) is 0 Å². The number of halogens is 5. The third-order valence-electron chi connectivity index (χ3n) is 2.21. The second-order valence-corrected chi connectivity index (χ2v) is 3.64. The maximum Gasteiger partial charge on any atom is 0.416 e. The van der Waals surface area contributed by atoms with E-state index in [1.54, 1.807) is 0 Å². The molecular weight excluding hydrogens is 195 g/mol. The molecule has 1 saturated carbocycles. The smallest absolute Gasteiger partial charge is 0.381 e. The van der Waals surface area contributed by atoms with E-state index in [4.69, 9.17) is 5.11 Å². The van der Waals surface area contributed by atoms with Gasteiger partial charge in [-0.25, -0.2) is 8.78 Å². The molecule has 0 aromatic rings. The third-order valence-corrected chi connectivity index (χ3v) is 2.21. The fourth-order valence-corrected chi connectivity index (χ4v) is 1.09. The Kier molecular flexibility index (Phi) is 2.10. The van der Waals surface area contributed by atoms with Crippen molar-refractivity contribution in [2.75, 3.05) is 0 Å². The molecule has 1 rings (SSSR count). The predicted octanol–water partition coefficient (Wildman–Crippen LogP) is 2.34. The molecule has 2 atom stereocenters. The van der Waals surface area contributed by atoms with Crippen molar-refractivity contribution in [1.82, 2.24) is 0 Å². The summed E-state index contributed by atoms with van der Waals surface area (Å²) in [7, 11) is 0. The number of hydrogen-bond acceptors (Lipinski definition) is 1. The predicted molar refractivity (Wildman–Crippen MR) is 34.3 cm³/mol. The minimum Gasteiger partial charge on any atom is -0.381 e. The SMILES string of the molecule is CC(O)(CC1CC1(F)F)C(F)(F)F. The zero-order valence-corrected chi connectivity index (χ0v) is 6.83. The van der Waals surface area contributed by atoms with Crippen LogP contribution in [0.1, 0.15) is 19.8 Å². The van der Waals surface area contributed by atoms with Gasteiger partial charge in [-0.05, 0) is 13.3 Å². The first-order valence-electron chi connectivity index (χ1n) is 3.73. The lowest BCUT2D eigenvalue weighted by atomic mass is 9.98. The summed E-state index contributed by atoms with van der Waals surface area (Å²) in [6.07, 6.45) is -6.32. The van der Waals surface area contributed by atoms with E-state index in [0.29, 0.717) is 6.92 Å². The van der Waals surface area contributed by atoms with Gasteiger partial charge in [-0.15, -0.1) is 0 Å². The van der Waals surface area contributed by atoms with Crippen LogP contribution in [0.3, 0.4) is 0 Å². The van der Waals surface area contributed by atoms with Crippen LogP contribution in [-0.2, 0) is 0 Å². The maximum atomic E-state index is 12.2. The quantitative estimate of drug-likeness (QED) is 0.684. The van der Waals surface area contributed by atoms with E-state index in [9.17, 15) is 22.0 Å². The molecular formula is C7H9F5O. The van der Waals surface area contributed by atoms with Crippen LogP contribution in [0.25, 0.3) is 0 Å². The van der Waals surface area contributed by atoms with Gasteiger partial charge in [-0.1, -0.05) is 0 Å². The van der Waals surface area contributed by atoms with E-state index in [-0.39, 0.29) is 0 Å². The number of hydrogen-bond donors (Lipinski definition) is 1. The molecule has 0 aromatic carbocycles. The van der Waals surface area contributed by atoms with Gasteiger partial charge >= 0.3 is 6.18 Å². The summed E-state index contributed by atoms with van der Waals surface area (Å²) < 4.78 is 60.4. The highest BCUT2D eigenvalue weighted by Crippen LogP contribution is 2.54. The zero-order chi connectivity index (χ0) is 10.5. The average Bonchev–Trinajstić information content (AvgIpc) is 2.34. The molecule has 0 heterocycles. The average molecular weight is 204 g/mol. The van der Waals surface area contributed by atoms with Crippen LogP contribution in [0.4, 0.5) is 22.0 Å². The molecule has 1 nitrogen and oxygen atoms in total. The van der Waals surface area contributed by atoms with Crippen LogP contribution >= 0.6 is 0 Å². The second kappa shape index (κ2) is 2.56. The molecule has 1 aliphatic rings. The lowest BCUT2D eigenvalue weighted by Crippen LogP contribution is -2.42. The highest BCUT2D eigenvalue weighted by Gasteiger charge is 2.62. The Morgan fingerprint density at radius 2 is 1.77 bits per heavy atom. The van der Waals surface area contributed by atoms with Crippen molar-refractivity contribution in [3.63, 3.8) is 0 Å². The van der Waals surface area contributed by atoms with Crippen LogP contribution in [0, 0.1) is 5.92 Å². The first-order valence-corrected chi connectivity index (χ1v) is 3.73. The van der Waals surface area contributed by atoms with Gasteiger partial charge in [0.25, 0.3) is 5.92 Å². The molecule has 0 bridgehead atoms. The summed E-state index contributed by atoms with van der Waals surface area (Å²) in [5, 5.41) is 8.84. The molecule has 0 aliphatic heterocycles. The molecule has 6 heteroatoms. The first-order chi connectivity index (χ1) is 5.56. The van der Waals surface area contributed by atoms with E-state index in [1.807, 2.05) is 0 Å². The van der Waals surface area contributed by atoms with Gasteiger partial charge in [0.2, 0.25) is 0 Å². The molecule has 1 N–H and O–H groups in total. The van der Waals surface area contributed by atoms with Gasteiger partial charge in [0.15, 0.2) is 5.60 Å². The standard InChI is InChI=1S/C7H9F5O/c1-5(13,7(10,11)12)2-4-3-6(4,8)9/h4,13H,2-3H2,1H3. The molecule has 0 amide bonds. The third kappa shape index (κ3) is 2.10. The molecule has 0 saturated heterocycles. The molecule has 1 aliphatic carbocycles. The van der Waals surface area contributed by atoms with Crippen molar-refractivity contribution in [3.05, 3.63) is 0 Å². The Labute approximate surface area is 71.5 Å². The molecule has 13 heavy (non-hydrogen) atoms. The van der Waals surface area contributed by atoms with Crippen LogP contribution in [-0.4, -0.2) is 22.8 Å². The minimum absolute atomic E-state index is 0.515. The van der Waals surface area contributed by atoms with Crippen molar-refractivity contribution < 1.29 is 27.1 Å². The summed E-state index contributed by atoms with van der Waals surface area (Å²) in [5.74, 6) is -4.35. The molecule has 0 aromatic heterocycles. The first kappa shape index (κ1) is 10.7. The van der Waals surface area contributed by atoms with Crippen molar-refractivity contribution in [1.29, 1.82) is 0 Å².